The second kappa shape index (κ2) is 9.94. The number of nitrogens with one attached hydrogen (secondary N) is 1. The molecule has 5 nitrogen and oxygen atoms in total. The van der Waals surface area contributed by atoms with E-state index in [0.29, 0.717) is 12.0 Å². The summed E-state index contributed by atoms with van der Waals surface area (Å²) in [4.78, 5) is 11.8. The molecule has 2 rings (SSSR count). The maximum absolute atomic E-state index is 12.6. The first-order valence-corrected chi connectivity index (χ1v) is 8.37. The first-order chi connectivity index (χ1) is 13.7. The fraction of sp³-hybridized carbons (Fsp3) is 0.316. The van der Waals surface area contributed by atoms with Crippen molar-refractivity contribution >= 4 is 5.91 Å². The molecule has 0 heterocycles. The van der Waals surface area contributed by atoms with Crippen molar-refractivity contribution in [1.82, 2.24) is 5.32 Å². The van der Waals surface area contributed by atoms with Crippen molar-refractivity contribution in [3.63, 3.8) is 0 Å². The lowest BCUT2D eigenvalue weighted by Gasteiger charge is -2.12. The number of benzene rings is 2. The van der Waals surface area contributed by atoms with E-state index >= 15 is 0 Å². The molecule has 0 spiro atoms. The molecular formula is C19H18F5NO4. The fourth-order valence-electron chi connectivity index (χ4n) is 2.37. The van der Waals surface area contributed by atoms with Gasteiger partial charge in [-0.2, -0.15) is 22.0 Å². The fourth-order valence-corrected chi connectivity index (χ4v) is 2.37. The summed E-state index contributed by atoms with van der Waals surface area (Å²) in [6.45, 7) is -3.32. The molecule has 29 heavy (non-hydrogen) atoms. The predicted octanol–water partition coefficient (Wildman–Crippen LogP) is 4.05. The molecule has 0 saturated carbocycles. The van der Waals surface area contributed by atoms with Gasteiger partial charge < -0.3 is 19.5 Å². The van der Waals surface area contributed by atoms with E-state index in [9.17, 15) is 26.7 Å². The van der Waals surface area contributed by atoms with Crippen LogP contribution in [-0.2, 0) is 17.4 Å². The Kier molecular flexibility index (Phi) is 7.63. The second-order valence-corrected chi connectivity index (χ2v) is 5.78. The van der Waals surface area contributed by atoms with Gasteiger partial charge in [0.2, 0.25) is 0 Å². The molecule has 1 N–H and O–H groups in total. The van der Waals surface area contributed by atoms with Crippen molar-refractivity contribution in [2.24, 2.45) is 0 Å². The monoisotopic (exact) mass is 419 g/mol. The lowest BCUT2D eigenvalue weighted by molar-refractivity contribution is -0.137. The normalized spacial score (nSPS) is 11.3. The van der Waals surface area contributed by atoms with E-state index in [-0.39, 0.29) is 23.8 Å². The standard InChI is InChI=1S/C19H18F5NO4/c1-27-15-6-5-12(9-16(15)29-18(20)21)7-8-25-17(26)11-28-14-4-2-3-13(10-14)19(22,23)24/h2-6,9-10,18H,7-8,11H2,1H3,(H,25,26). The van der Waals surface area contributed by atoms with Crippen molar-refractivity contribution in [2.45, 2.75) is 19.2 Å². The van der Waals surface area contributed by atoms with Crippen LogP contribution in [0.25, 0.3) is 0 Å². The maximum Gasteiger partial charge on any atom is 0.416 e. The molecule has 0 fully saturated rings. The molecule has 0 unspecified atom stereocenters. The van der Waals surface area contributed by atoms with Gasteiger partial charge in [-0.25, -0.2) is 0 Å². The van der Waals surface area contributed by atoms with Gasteiger partial charge in [0, 0.05) is 6.54 Å². The SMILES string of the molecule is COc1ccc(CCNC(=O)COc2cccc(C(F)(F)F)c2)cc1OC(F)F. The van der Waals surface area contributed by atoms with E-state index in [4.69, 9.17) is 9.47 Å². The summed E-state index contributed by atoms with van der Waals surface area (Å²) in [5.74, 6) is -0.606. The van der Waals surface area contributed by atoms with Crippen LogP contribution in [-0.4, -0.2) is 32.8 Å². The second-order valence-electron chi connectivity index (χ2n) is 5.78. The van der Waals surface area contributed by atoms with Crippen LogP contribution in [0.15, 0.2) is 42.5 Å². The maximum atomic E-state index is 12.6. The number of hydrogen-bond acceptors (Lipinski definition) is 4. The number of rotatable bonds is 9. The first kappa shape index (κ1) is 22.3. The van der Waals surface area contributed by atoms with Crippen LogP contribution in [0.3, 0.4) is 0 Å². The molecule has 0 aliphatic rings. The first-order valence-electron chi connectivity index (χ1n) is 8.37. The number of hydrogen-bond donors (Lipinski definition) is 1. The van der Waals surface area contributed by atoms with Crippen LogP contribution in [0, 0.1) is 0 Å². The Morgan fingerprint density at radius 3 is 2.52 bits per heavy atom. The molecule has 10 heteroatoms. The zero-order chi connectivity index (χ0) is 21.4. The Labute approximate surface area is 163 Å². The van der Waals surface area contributed by atoms with Crippen molar-refractivity contribution in [3.05, 3.63) is 53.6 Å². The van der Waals surface area contributed by atoms with Crippen molar-refractivity contribution in [2.75, 3.05) is 20.3 Å². The minimum atomic E-state index is -4.51. The topological polar surface area (TPSA) is 56.8 Å². The summed E-state index contributed by atoms with van der Waals surface area (Å²) in [5.41, 5.74) is -0.266. The number of amides is 1. The highest BCUT2D eigenvalue weighted by molar-refractivity contribution is 5.77. The summed E-state index contributed by atoms with van der Waals surface area (Å²) in [6, 6.07) is 8.65. The molecular weight excluding hydrogens is 401 g/mol. The molecule has 0 atom stereocenters. The zero-order valence-corrected chi connectivity index (χ0v) is 15.3. The molecule has 0 aliphatic heterocycles. The summed E-state index contributed by atoms with van der Waals surface area (Å²) in [7, 11) is 1.32. The van der Waals surface area contributed by atoms with Crippen LogP contribution in [0.1, 0.15) is 11.1 Å². The molecule has 2 aromatic carbocycles. The van der Waals surface area contributed by atoms with Gasteiger partial charge >= 0.3 is 12.8 Å². The summed E-state index contributed by atoms with van der Waals surface area (Å²) in [6.07, 6.45) is -4.20. The smallest absolute Gasteiger partial charge is 0.416 e. The number of ether oxygens (including phenoxy) is 3. The predicted molar refractivity (Wildman–Crippen MR) is 93.3 cm³/mol. The molecule has 1 amide bonds. The Morgan fingerprint density at radius 1 is 1.10 bits per heavy atom. The molecule has 0 saturated heterocycles. The summed E-state index contributed by atoms with van der Waals surface area (Å²) < 4.78 is 77.2. The van der Waals surface area contributed by atoms with Crippen LogP contribution in [0.4, 0.5) is 22.0 Å². The molecule has 0 aromatic heterocycles. The number of alkyl halides is 5. The molecule has 158 valence electrons. The van der Waals surface area contributed by atoms with Gasteiger partial charge in [0.1, 0.15) is 5.75 Å². The van der Waals surface area contributed by atoms with Crippen molar-refractivity contribution < 1.29 is 41.0 Å². The van der Waals surface area contributed by atoms with Crippen LogP contribution >= 0.6 is 0 Å². The van der Waals surface area contributed by atoms with Crippen LogP contribution in [0.5, 0.6) is 17.2 Å². The van der Waals surface area contributed by atoms with Gasteiger partial charge in [-0.05, 0) is 42.3 Å². The molecule has 0 bridgehead atoms. The van der Waals surface area contributed by atoms with Gasteiger partial charge in [0.05, 0.1) is 12.7 Å². The zero-order valence-electron chi connectivity index (χ0n) is 15.3. The number of carbonyl (C=O) groups is 1. The summed E-state index contributed by atoms with van der Waals surface area (Å²) >= 11 is 0. The largest absolute Gasteiger partial charge is 0.493 e. The van der Waals surface area contributed by atoms with E-state index in [1.807, 2.05) is 0 Å². The van der Waals surface area contributed by atoms with Gasteiger partial charge in [-0.15, -0.1) is 0 Å². The highest BCUT2D eigenvalue weighted by Crippen LogP contribution is 2.31. The Hall–Kier alpha value is -3.04. The van der Waals surface area contributed by atoms with E-state index in [2.05, 4.69) is 10.1 Å². The van der Waals surface area contributed by atoms with Gasteiger partial charge in [0.15, 0.2) is 18.1 Å². The molecule has 2 aromatic rings. The summed E-state index contributed by atoms with van der Waals surface area (Å²) in [5, 5.41) is 2.53. The molecule has 0 radical (unpaired) electrons. The molecule has 0 aliphatic carbocycles. The quantitative estimate of drug-likeness (QED) is 0.623. The van der Waals surface area contributed by atoms with Gasteiger partial charge in [-0.3, -0.25) is 4.79 Å². The number of halogens is 5. The third kappa shape index (κ3) is 7.13. The van der Waals surface area contributed by atoms with E-state index in [0.717, 1.165) is 12.1 Å². The third-order valence-corrected chi connectivity index (χ3v) is 3.71. The Balaban J connectivity index is 1.83. The van der Waals surface area contributed by atoms with Crippen LogP contribution in [0.2, 0.25) is 0 Å². The minimum absolute atomic E-state index is 0.0843. The van der Waals surface area contributed by atoms with Crippen LogP contribution < -0.4 is 19.5 Å². The average molecular weight is 419 g/mol. The third-order valence-electron chi connectivity index (χ3n) is 3.71. The highest BCUT2D eigenvalue weighted by Gasteiger charge is 2.30. The number of methoxy groups -OCH3 is 1. The lowest BCUT2D eigenvalue weighted by Crippen LogP contribution is -2.30. The van der Waals surface area contributed by atoms with Crippen molar-refractivity contribution in [3.8, 4) is 17.2 Å². The van der Waals surface area contributed by atoms with E-state index in [1.165, 1.54) is 31.4 Å². The average Bonchev–Trinajstić information content (AvgIpc) is 2.66. The highest BCUT2D eigenvalue weighted by atomic mass is 19.4. The Bertz CT molecular complexity index is 826. The van der Waals surface area contributed by atoms with E-state index < -0.39 is 30.9 Å². The van der Waals surface area contributed by atoms with Gasteiger partial charge in [-0.1, -0.05) is 12.1 Å². The number of carbonyl (C=O) groups excluding carboxylic acids is 1. The van der Waals surface area contributed by atoms with Crippen molar-refractivity contribution in [1.29, 1.82) is 0 Å². The van der Waals surface area contributed by atoms with E-state index in [1.54, 1.807) is 6.07 Å². The van der Waals surface area contributed by atoms with Gasteiger partial charge in [0.25, 0.3) is 5.91 Å². The Morgan fingerprint density at radius 2 is 1.86 bits per heavy atom. The lowest BCUT2D eigenvalue weighted by atomic mass is 10.1. The minimum Gasteiger partial charge on any atom is -0.493 e.